The van der Waals surface area contributed by atoms with Crippen LogP contribution < -0.4 is 10.9 Å². The van der Waals surface area contributed by atoms with Crippen LogP contribution in [-0.2, 0) is 37.0 Å². The van der Waals surface area contributed by atoms with E-state index in [1.165, 1.54) is 27.1 Å². The maximum absolute atomic E-state index is 14.3. The molecule has 6 rings (SSSR count). The number of carbonyl (C=O) groups is 1. The molecule has 0 fully saturated rings. The van der Waals surface area contributed by atoms with Crippen LogP contribution in [0.4, 0.5) is 5.00 Å². The highest BCUT2D eigenvalue weighted by Gasteiger charge is 2.35. The number of rotatable bonds is 10. The Bertz CT molecular complexity index is 1890. The maximum atomic E-state index is 14.3. The van der Waals surface area contributed by atoms with Crippen LogP contribution in [0.5, 0.6) is 0 Å². The summed E-state index contributed by atoms with van der Waals surface area (Å²) in [5, 5.41) is 15.1. The van der Waals surface area contributed by atoms with Crippen molar-refractivity contribution in [1.82, 2.24) is 9.55 Å². The Kier molecular flexibility index (Phi) is 9.77. The van der Waals surface area contributed by atoms with Gasteiger partial charge in [-0.2, -0.15) is 5.26 Å². The van der Waals surface area contributed by atoms with Gasteiger partial charge in [-0.25, -0.2) is 4.98 Å². The van der Waals surface area contributed by atoms with E-state index in [0.717, 1.165) is 72.7 Å². The zero-order valence-corrected chi connectivity index (χ0v) is 30.9. The van der Waals surface area contributed by atoms with Crippen molar-refractivity contribution in [2.24, 2.45) is 22.7 Å². The number of anilines is 1. The van der Waals surface area contributed by atoms with Crippen molar-refractivity contribution in [2.75, 3.05) is 11.1 Å². The Balaban J connectivity index is 1.27. The molecule has 0 saturated heterocycles. The average Bonchev–Trinajstić information content (AvgIpc) is 3.61. The van der Waals surface area contributed by atoms with Crippen molar-refractivity contribution >= 4 is 55.6 Å². The highest BCUT2D eigenvalue weighted by molar-refractivity contribution is 7.99. The molecule has 2 aliphatic carbocycles. The number of carbonyl (C=O) groups excluding carboxylic acids is 1. The van der Waals surface area contributed by atoms with Gasteiger partial charge in [0.05, 0.1) is 23.2 Å². The van der Waals surface area contributed by atoms with Gasteiger partial charge in [0.15, 0.2) is 5.16 Å². The van der Waals surface area contributed by atoms with E-state index in [4.69, 9.17) is 4.98 Å². The lowest BCUT2D eigenvalue weighted by Gasteiger charge is -2.36. The molecule has 0 saturated carbocycles. The lowest BCUT2D eigenvalue weighted by molar-refractivity contribution is -0.113. The van der Waals surface area contributed by atoms with Crippen molar-refractivity contribution in [3.8, 4) is 6.07 Å². The maximum Gasteiger partial charge on any atom is 0.263 e. The summed E-state index contributed by atoms with van der Waals surface area (Å²) in [6, 6.07) is 12.4. The normalized spacial score (nSPS) is 18.1. The summed E-state index contributed by atoms with van der Waals surface area (Å²) in [6.45, 7) is 14.3. The van der Waals surface area contributed by atoms with Gasteiger partial charge in [-0.15, -0.1) is 22.7 Å². The largest absolute Gasteiger partial charge is 0.316 e. The first-order valence-corrected chi connectivity index (χ1v) is 19.6. The molecule has 248 valence electrons. The van der Waals surface area contributed by atoms with E-state index in [0.29, 0.717) is 34.1 Å². The fourth-order valence-electron chi connectivity index (χ4n) is 7.25. The minimum atomic E-state index is -0.189. The van der Waals surface area contributed by atoms with E-state index < -0.39 is 0 Å². The Morgan fingerprint density at radius 1 is 1.00 bits per heavy atom. The molecule has 0 aliphatic heterocycles. The molecule has 1 amide bonds. The number of aryl methyl sites for hydroxylation is 1. The summed E-state index contributed by atoms with van der Waals surface area (Å²) >= 11 is 4.52. The van der Waals surface area contributed by atoms with Gasteiger partial charge in [0.25, 0.3) is 5.56 Å². The van der Waals surface area contributed by atoms with Gasteiger partial charge in [-0.3, -0.25) is 14.2 Å². The smallest absolute Gasteiger partial charge is 0.263 e. The average molecular weight is 687 g/mol. The van der Waals surface area contributed by atoms with Crippen molar-refractivity contribution in [2.45, 2.75) is 105 Å². The Labute approximate surface area is 291 Å². The van der Waals surface area contributed by atoms with E-state index in [9.17, 15) is 14.9 Å². The number of nitriles is 1. The molecule has 2 atom stereocenters. The molecule has 3 heterocycles. The quantitative estimate of drug-likeness (QED) is 0.133. The number of nitrogens with one attached hydrogen (secondary N) is 1. The highest BCUT2D eigenvalue weighted by atomic mass is 32.2. The van der Waals surface area contributed by atoms with Crippen LogP contribution in [0, 0.1) is 34.0 Å². The summed E-state index contributed by atoms with van der Waals surface area (Å²) < 4.78 is 1.75. The summed E-state index contributed by atoms with van der Waals surface area (Å²) in [7, 11) is 0. The van der Waals surface area contributed by atoms with Gasteiger partial charge in [0.1, 0.15) is 15.9 Å². The minimum Gasteiger partial charge on any atom is -0.316 e. The van der Waals surface area contributed by atoms with Gasteiger partial charge >= 0.3 is 0 Å². The fraction of sp³-hybridized carbons (Fsp3) is 0.526. The zero-order chi connectivity index (χ0) is 33.5. The lowest BCUT2D eigenvalue weighted by Crippen LogP contribution is -2.29. The second-order valence-corrected chi connectivity index (χ2v) is 17.8. The molecule has 0 unspecified atom stereocenters. The second kappa shape index (κ2) is 13.5. The predicted octanol–water partition coefficient (Wildman–Crippen LogP) is 9.25. The van der Waals surface area contributed by atoms with Crippen LogP contribution in [0.15, 0.2) is 40.3 Å². The number of thioether (sulfide) groups is 1. The number of nitrogens with zero attached hydrogens (tertiary/aromatic N) is 3. The number of thiophene rings is 2. The number of fused-ring (bicyclic) bond motifs is 4. The summed E-state index contributed by atoms with van der Waals surface area (Å²) in [5.41, 5.74) is 4.40. The van der Waals surface area contributed by atoms with Crippen molar-refractivity contribution < 1.29 is 4.79 Å². The molecule has 0 radical (unpaired) electrons. The molecule has 0 bridgehead atoms. The Hall–Kier alpha value is -2.93. The standard InChI is InChI=1S/C38H46N4O2S3/c1-7-37(3,4)24-14-16-26-28(20-39)33(46-29(26)18-24)40-31(43)22-45-36-41-34-32(35(44)42(36)21-23-12-10-9-11-13-23)27-17-15-25(19-30(27)47-34)38(5,6)8-2/h9-13,24-25H,7-8,14-19,21-22H2,1-6H3,(H,40,43)/t24-,25+/m1/s1. The van der Waals surface area contributed by atoms with E-state index in [2.05, 4.69) is 52.9 Å². The van der Waals surface area contributed by atoms with Crippen LogP contribution in [0.2, 0.25) is 0 Å². The predicted molar refractivity (Wildman–Crippen MR) is 197 cm³/mol. The van der Waals surface area contributed by atoms with Gasteiger partial charge in [0.2, 0.25) is 5.91 Å². The third-order valence-electron chi connectivity index (χ3n) is 11.3. The topological polar surface area (TPSA) is 87.8 Å². The molecule has 3 aromatic heterocycles. The second-order valence-electron chi connectivity index (χ2n) is 14.7. The van der Waals surface area contributed by atoms with Crippen molar-refractivity contribution in [1.29, 1.82) is 5.26 Å². The minimum absolute atomic E-state index is 0.0188. The third kappa shape index (κ3) is 6.71. The number of hydrogen-bond acceptors (Lipinski definition) is 7. The first-order valence-electron chi connectivity index (χ1n) is 17.0. The molecule has 1 aromatic carbocycles. The van der Waals surface area contributed by atoms with E-state index >= 15 is 0 Å². The number of aromatic nitrogens is 2. The monoisotopic (exact) mass is 686 g/mol. The van der Waals surface area contributed by atoms with Crippen LogP contribution in [0.1, 0.15) is 99.2 Å². The van der Waals surface area contributed by atoms with Gasteiger partial charge in [0, 0.05) is 9.75 Å². The number of amides is 1. The number of benzene rings is 1. The Morgan fingerprint density at radius 3 is 2.23 bits per heavy atom. The van der Waals surface area contributed by atoms with E-state index in [-0.39, 0.29) is 28.0 Å². The van der Waals surface area contributed by atoms with E-state index in [1.807, 2.05) is 30.3 Å². The summed E-state index contributed by atoms with van der Waals surface area (Å²) in [5.74, 6) is 1.07. The molecule has 47 heavy (non-hydrogen) atoms. The molecule has 4 aromatic rings. The molecule has 9 heteroatoms. The molecule has 1 N–H and O–H groups in total. The summed E-state index contributed by atoms with van der Waals surface area (Å²) in [6.07, 6.45) is 8.13. The summed E-state index contributed by atoms with van der Waals surface area (Å²) in [4.78, 5) is 36.1. The lowest BCUT2D eigenvalue weighted by atomic mass is 9.69. The Morgan fingerprint density at radius 2 is 1.62 bits per heavy atom. The third-order valence-corrected chi connectivity index (χ3v) is 14.6. The van der Waals surface area contributed by atoms with Crippen LogP contribution >= 0.6 is 34.4 Å². The molecule has 0 spiro atoms. The molecular weight excluding hydrogens is 641 g/mol. The van der Waals surface area contributed by atoms with Crippen LogP contribution in [0.25, 0.3) is 10.2 Å². The SMILES string of the molecule is CCC(C)(C)[C@@H]1CCc2c(sc(NC(=O)CSc3nc4sc5c(c4c(=O)n3Cc3ccccc3)CC[C@H](C(C)(C)CC)C5)c2C#N)C1. The first-order chi connectivity index (χ1) is 22.5. The van der Waals surface area contributed by atoms with Crippen molar-refractivity contribution in [3.05, 3.63) is 72.7 Å². The molecule has 6 nitrogen and oxygen atoms in total. The van der Waals surface area contributed by atoms with Gasteiger partial charge in [-0.05, 0) is 77.9 Å². The zero-order valence-electron chi connectivity index (χ0n) is 28.5. The molecule has 2 aliphatic rings. The van der Waals surface area contributed by atoms with Crippen molar-refractivity contribution in [3.63, 3.8) is 0 Å². The van der Waals surface area contributed by atoms with Gasteiger partial charge in [-0.1, -0.05) is 96.5 Å². The molecular formula is C38H46N4O2S3. The van der Waals surface area contributed by atoms with Crippen LogP contribution in [0.3, 0.4) is 0 Å². The van der Waals surface area contributed by atoms with Crippen LogP contribution in [-0.4, -0.2) is 21.2 Å². The van der Waals surface area contributed by atoms with E-state index in [1.54, 1.807) is 27.2 Å². The fourth-order valence-corrected chi connectivity index (χ4v) is 10.7. The van der Waals surface area contributed by atoms with Gasteiger partial charge < -0.3 is 5.32 Å². The number of hydrogen-bond donors (Lipinski definition) is 1. The highest BCUT2D eigenvalue weighted by Crippen LogP contribution is 2.46. The first kappa shape index (κ1) is 34.0.